The molecular weight excluding hydrogens is 404 g/mol. The lowest BCUT2D eigenvalue weighted by atomic mass is 10.1. The number of anilines is 2. The molecule has 3 aromatic rings. The Bertz CT molecular complexity index is 1140. The number of rotatable bonds is 7. The van der Waals surface area contributed by atoms with Crippen molar-refractivity contribution in [2.45, 2.75) is 25.8 Å². The van der Waals surface area contributed by atoms with Crippen molar-refractivity contribution in [2.75, 3.05) is 10.6 Å². The molecule has 0 radical (unpaired) electrons. The van der Waals surface area contributed by atoms with Crippen molar-refractivity contribution in [3.8, 4) is 11.3 Å². The van der Waals surface area contributed by atoms with Gasteiger partial charge in [0.25, 0.3) is 11.6 Å². The summed E-state index contributed by atoms with van der Waals surface area (Å²) in [5.74, 6) is -0.683. The fourth-order valence-corrected chi connectivity index (χ4v) is 3.84. The Morgan fingerprint density at radius 1 is 1.17 bits per heavy atom. The minimum absolute atomic E-state index is 0.142. The topological polar surface area (TPSA) is 114 Å². The first-order valence-corrected chi connectivity index (χ1v) is 10.2. The Morgan fingerprint density at radius 3 is 2.53 bits per heavy atom. The normalized spacial score (nSPS) is 13.0. The van der Waals surface area contributed by atoms with Gasteiger partial charge < -0.3 is 5.32 Å². The molecule has 0 spiro atoms. The molecular formula is C21H18N4O4S. The Kier molecular flexibility index (Phi) is 5.28. The second-order valence-electron chi connectivity index (χ2n) is 6.98. The molecule has 0 unspecified atom stereocenters. The molecule has 4 rings (SSSR count). The number of hydrogen-bond acceptors (Lipinski definition) is 7. The van der Waals surface area contributed by atoms with E-state index in [0.717, 1.165) is 29.7 Å². The minimum Gasteiger partial charge on any atom is -0.377 e. The van der Waals surface area contributed by atoms with Gasteiger partial charge in [-0.05, 0) is 25.0 Å². The second kappa shape index (κ2) is 8.03. The summed E-state index contributed by atoms with van der Waals surface area (Å²) in [6.45, 7) is 1.44. The van der Waals surface area contributed by atoms with E-state index in [9.17, 15) is 19.7 Å². The lowest BCUT2D eigenvalue weighted by molar-refractivity contribution is -0.384. The molecule has 1 amide bonds. The highest BCUT2D eigenvalue weighted by molar-refractivity contribution is 7.18. The third-order valence-electron chi connectivity index (χ3n) is 4.61. The number of amides is 1. The molecule has 1 aliphatic rings. The molecule has 1 saturated carbocycles. The van der Waals surface area contributed by atoms with Gasteiger partial charge in [0.1, 0.15) is 5.69 Å². The summed E-state index contributed by atoms with van der Waals surface area (Å²) in [6, 6.07) is 13.8. The van der Waals surface area contributed by atoms with Crippen molar-refractivity contribution in [1.29, 1.82) is 0 Å². The number of nitro benzene ring substituents is 1. The summed E-state index contributed by atoms with van der Waals surface area (Å²) in [5, 5.41) is 17.4. The Morgan fingerprint density at radius 2 is 1.90 bits per heavy atom. The zero-order valence-corrected chi connectivity index (χ0v) is 16.9. The van der Waals surface area contributed by atoms with Gasteiger partial charge in [-0.15, -0.1) is 0 Å². The molecule has 152 valence electrons. The molecule has 2 N–H and O–H groups in total. The lowest BCUT2D eigenvalue weighted by Crippen LogP contribution is -2.13. The SMILES string of the molecule is CC(=O)c1sc(NC(=O)c2ccc(NC3CC3)c([N+](=O)[O-])c2)nc1-c1ccccc1. The maximum absolute atomic E-state index is 12.7. The summed E-state index contributed by atoms with van der Waals surface area (Å²) >= 11 is 1.08. The Balaban J connectivity index is 1.60. The van der Waals surface area contributed by atoms with Gasteiger partial charge in [-0.2, -0.15) is 0 Å². The molecule has 0 saturated heterocycles. The number of carbonyl (C=O) groups is 2. The van der Waals surface area contributed by atoms with E-state index >= 15 is 0 Å². The summed E-state index contributed by atoms with van der Waals surface area (Å²) in [6.07, 6.45) is 1.96. The number of carbonyl (C=O) groups excluding carboxylic acids is 2. The van der Waals surface area contributed by atoms with Crippen LogP contribution in [0, 0.1) is 10.1 Å². The van der Waals surface area contributed by atoms with Gasteiger partial charge >= 0.3 is 0 Å². The molecule has 9 heteroatoms. The fourth-order valence-electron chi connectivity index (χ4n) is 2.97. The monoisotopic (exact) mass is 422 g/mol. The standard InChI is InChI=1S/C21H18N4O4S/c1-12(26)19-18(13-5-3-2-4-6-13)23-21(30-19)24-20(27)14-7-10-16(22-15-8-9-15)17(11-14)25(28)29/h2-7,10-11,15,22H,8-9H2,1H3,(H,23,24,27). The van der Waals surface area contributed by atoms with Gasteiger partial charge in [0.2, 0.25) is 0 Å². The summed E-state index contributed by atoms with van der Waals surface area (Å²) in [7, 11) is 0. The molecule has 0 atom stereocenters. The van der Waals surface area contributed by atoms with Crippen LogP contribution in [-0.4, -0.2) is 27.6 Å². The third-order valence-corrected chi connectivity index (χ3v) is 5.68. The van der Waals surface area contributed by atoms with E-state index in [-0.39, 0.29) is 28.2 Å². The van der Waals surface area contributed by atoms with Crippen LogP contribution < -0.4 is 10.6 Å². The number of nitro groups is 1. The Hall–Kier alpha value is -3.59. The third kappa shape index (κ3) is 4.20. The predicted molar refractivity (Wildman–Crippen MR) is 115 cm³/mol. The van der Waals surface area contributed by atoms with Crippen molar-refractivity contribution in [1.82, 2.24) is 4.98 Å². The smallest absolute Gasteiger partial charge is 0.293 e. The number of nitrogens with zero attached hydrogens (tertiary/aromatic N) is 2. The summed E-state index contributed by atoms with van der Waals surface area (Å²) < 4.78 is 0. The van der Waals surface area contributed by atoms with E-state index in [4.69, 9.17) is 0 Å². The fraction of sp³-hybridized carbons (Fsp3) is 0.190. The number of hydrogen-bond donors (Lipinski definition) is 2. The van der Waals surface area contributed by atoms with Crippen molar-refractivity contribution in [3.63, 3.8) is 0 Å². The first kappa shape index (κ1) is 19.7. The van der Waals surface area contributed by atoms with Crippen LogP contribution in [0.25, 0.3) is 11.3 Å². The zero-order chi connectivity index (χ0) is 21.3. The number of nitrogens with one attached hydrogen (secondary N) is 2. The first-order chi connectivity index (χ1) is 14.4. The average Bonchev–Trinajstić information content (AvgIpc) is 3.44. The van der Waals surface area contributed by atoms with E-state index in [0.29, 0.717) is 16.3 Å². The number of Topliss-reactive ketones (excluding diaryl/α,β-unsaturated/α-hetero) is 1. The molecule has 1 aliphatic carbocycles. The molecule has 2 aromatic carbocycles. The number of aromatic nitrogens is 1. The molecule has 1 aromatic heterocycles. The zero-order valence-electron chi connectivity index (χ0n) is 16.0. The van der Waals surface area contributed by atoms with E-state index in [1.165, 1.54) is 19.1 Å². The van der Waals surface area contributed by atoms with Crippen LogP contribution in [-0.2, 0) is 0 Å². The molecule has 0 bridgehead atoms. The number of ketones is 1. The van der Waals surface area contributed by atoms with Gasteiger partial charge in [-0.3, -0.25) is 25.0 Å². The molecule has 1 heterocycles. The maximum atomic E-state index is 12.7. The molecule has 1 fully saturated rings. The van der Waals surface area contributed by atoms with Crippen LogP contribution in [0.2, 0.25) is 0 Å². The highest BCUT2D eigenvalue weighted by Crippen LogP contribution is 2.33. The highest BCUT2D eigenvalue weighted by Gasteiger charge is 2.26. The van der Waals surface area contributed by atoms with Crippen molar-refractivity contribution >= 4 is 39.5 Å². The van der Waals surface area contributed by atoms with Gasteiger partial charge in [0, 0.05) is 30.2 Å². The predicted octanol–water partition coefficient (Wildman–Crippen LogP) is 4.75. The van der Waals surface area contributed by atoms with E-state index in [1.54, 1.807) is 6.07 Å². The Labute approximate surface area is 176 Å². The summed E-state index contributed by atoms with van der Waals surface area (Å²) in [5.41, 5.74) is 1.66. The largest absolute Gasteiger partial charge is 0.377 e. The van der Waals surface area contributed by atoms with Crippen LogP contribution in [0.1, 0.15) is 39.8 Å². The highest BCUT2D eigenvalue weighted by atomic mass is 32.1. The van der Waals surface area contributed by atoms with Crippen LogP contribution >= 0.6 is 11.3 Å². The van der Waals surface area contributed by atoms with Crippen molar-refractivity contribution in [3.05, 3.63) is 69.1 Å². The quantitative estimate of drug-likeness (QED) is 0.323. The van der Waals surface area contributed by atoms with Gasteiger partial charge in [-0.25, -0.2) is 4.98 Å². The van der Waals surface area contributed by atoms with Crippen LogP contribution in [0.5, 0.6) is 0 Å². The summed E-state index contributed by atoms with van der Waals surface area (Å²) in [4.78, 5) is 40.5. The average molecular weight is 422 g/mol. The van der Waals surface area contributed by atoms with Gasteiger partial charge in [-0.1, -0.05) is 41.7 Å². The van der Waals surface area contributed by atoms with Crippen molar-refractivity contribution in [2.24, 2.45) is 0 Å². The molecule has 8 nitrogen and oxygen atoms in total. The second-order valence-corrected chi connectivity index (χ2v) is 7.98. The number of benzene rings is 2. The van der Waals surface area contributed by atoms with E-state index in [1.807, 2.05) is 30.3 Å². The first-order valence-electron chi connectivity index (χ1n) is 9.36. The molecule has 0 aliphatic heterocycles. The van der Waals surface area contributed by atoms with Crippen molar-refractivity contribution < 1.29 is 14.5 Å². The maximum Gasteiger partial charge on any atom is 0.293 e. The van der Waals surface area contributed by atoms with Crippen LogP contribution in [0.4, 0.5) is 16.5 Å². The van der Waals surface area contributed by atoms with E-state index in [2.05, 4.69) is 15.6 Å². The van der Waals surface area contributed by atoms with Gasteiger partial charge in [0.05, 0.1) is 15.5 Å². The lowest BCUT2D eigenvalue weighted by Gasteiger charge is -2.07. The van der Waals surface area contributed by atoms with Gasteiger partial charge in [0.15, 0.2) is 10.9 Å². The number of thiazole rings is 1. The minimum atomic E-state index is -0.528. The van der Waals surface area contributed by atoms with Crippen LogP contribution in [0.15, 0.2) is 48.5 Å². The molecule has 30 heavy (non-hydrogen) atoms. The van der Waals surface area contributed by atoms with Crippen LogP contribution in [0.3, 0.4) is 0 Å². The van der Waals surface area contributed by atoms with E-state index < -0.39 is 10.8 Å².